The molecule has 108 valence electrons. The predicted molar refractivity (Wildman–Crippen MR) is 68.3 cm³/mol. The Labute approximate surface area is 114 Å². The van der Waals surface area contributed by atoms with Gasteiger partial charge in [0.05, 0.1) is 17.0 Å². The summed E-state index contributed by atoms with van der Waals surface area (Å²) in [5.74, 6) is -1.85. The molecule has 2 heterocycles. The summed E-state index contributed by atoms with van der Waals surface area (Å²) in [5.41, 5.74) is 0.0467. The fraction of sp³-hybridized carbons (Fsp3) is 0.500. The fourth-order valence-corrected chi connectivity index (χ4v) is 2.38. The summed E-state index contributed by atoms with van der Waals surface area (Å²) in [6.45, 7) is 0.620. The zero-order chi connectivity index (χ0) is 14.9. The Morgan fingerprint density at radius 3 is 2.75 bits per heavy atom. The van der Waals surface area contributed by atoms with Gasteiger partial charge in [0.1, 0.15) is 5.69 Å². The summed E-state index contributed by atoms with van der Waals surface area (Å²) in [7, 11) is 1.55. The second kappa shape index (κ2) is 5.32. The van der Waals surface area contributed by atoms with Crippen LogP contribution in [0.1, 0.15) is 23.3 Å². The first-order valence-corrected chi connectivity index (χ1v) is 6.23. The summed E-state index contributed by atoms with van der Waals surface area (Å²) >= 11 is 0. The first kappa shape index (κ1) is 14.0. The largest absolute Gasteiger partial charge is 0.481 e. The third-order valence-corrected chi connectivity index (χ3v) is 3.48. The number of hydrogen-bond acceptors (Lipinski definition) is 4. The van der Waals surface area contributed by atoms with Crippen LogP contribution in [0.25, 0.3) is 0 Å². The van der Waals surface area contributed by atoms with Crippen LogP contribution < -0.4 is 0 Å². The van der Waals surface area contributed by atoms with Crippen LogP contribution in [-0.4, -0.2) is 44.5 Å². The van der Waals surface area contributed by atoms with Crippen molar-refractivity contribution in [3.05, 3.63) is 28.1 Å². The van der Waals surface area contributed by atoms with Crippen molar-refractivity contribution < 1.29 is 19.6 Å². The molecule has 1 aliphatic rings. The molecule has 8 heteroatoms. The van der Waals surface area contributed by atoms with E-state index in [4.69, 9.17) is 5.11 Å². The molecule has 1 fully saturated rings. The van der Waals surface area contributed by atoms with E-state index in [1.54, 1.807) is 7.05 Å². The van der Waals surface area contributed by atoms with Crippen LogP contribution in [0.4, 0.5) is 5.69 Å². The lowest BCUT2D eigenvalue weighted by Gasteiger charge is -2.30. The van der Waals surface area contributed by atoms with Crippen LogP contribution in [0.3, 0.4) is 0 Å². The van der Waals surface area contributed by atoms with Gasteiger partial charge in [-0.25, -0.2) is 0 Å². The van der Waals surface area contributed by atoms with E-state index in [1.165, 1.54) is 21.7 Å². The number of hydrogen-bond donors (Lipinski definition) is 1. The van der Waals surface area contributed by atoms with Gasteiger partial charge in [-0.05, 0) is 12.8 Å². The average Bonchev–Trinajstić information content (AvgIpc) is 2.80. The average molecular weight is 281 g/mol. The van der Waals surface area contributed by atoms with Crippen molar-refractivity contribution in [1.82, 2.24) is 9.47 Å². The standard InChI is InChI=1S/C12H15N3O5/c1-13-7-9(15(19)20)5-10(13)11(16)14-4-2-3-8(6-14)12(17)18/h5,7-8H,2-4,6H2,1H3,(H,17,18)/t8-/m0/s1. The number of piperidine rings is 1. The van der Waals surface area contributed by atoms with E-state index >= 15 is 0 Å². The minimum Gasteiger partial charge on any atom is -0.481 e. The zero-order valence-corrected chi connectivity index (χ0v) is 11.0. The molecule has 0 saturated carbocycles. The number of nitro groups is 1. The number of aryl methyl sites for hydroxylation is 1. The van der Waals surface area contributed by atoms with Gasteiger partial charge in [-0.1, -0.05) is 0 Å². The van der Waals surface area contributed by atoms with E-state index < -0.39 is 16.8 Å². The van der Waals surface area contributed by atoms with Gasteiger partial charge in [0.2, 0.25) is 0 Å². The van der Waals surface area contributed by atoms with Gasteiger partial charge in [0, 0.05) is 26.2 Å². The highest BCUT2D eigenvalue weighted by atomic mass is 16.6. The number of carboxylic acid groups (broad SMARTS) is 1. The minimum absolute atomic E-state index is 0.146. The molecule has 20 heavy (non-hydrogen) atoms. The molecule has 1 aliphatic heterocycles. The Bertz CT molecular complexity index is 565. The van der Waals surface area contributed by atoms with Crippen LogP contribution >= 0.6 is 0 Å². The van der Waals surface area contributed by atoms with Crippen LogP contribution in [0.2, 0.25) is 0 Å². The molecule has 1 aromatic heterocycles. The topological polar surface area (TPSA) is 106 Å². The van der Waals surface area contributed by atoms with E-state index in [1.807, 2.05) is 0 Å². The molecule has 8 nitrogen and oxygen atoms in total. The second-order valence-electron chi connectivity index (χ2n) is 4.88. The molecule has 0 aliphatic carbocycles. The van der Waals surface area contributed by atoms with Crippen molar-refractivity contribution in [3.63, 3.8) is 0 Å². The molecule has 0 radical (unpaired) electrons. The number of carboxylic acids is 1. The molecular formula is C12H15N3O5. The highest BCUT2D eigenvalue weighted by Gasteiger charge is 2.30. The number of rotatable bonds is 3. The monoisotopic (exact) mass is 281 g/mol. The van der Waals surface area contributed by atoms with Crippen molar-refractivity contribution in [2.24, 2.45) is 13.0 Å². The van der Waals surface area contributed by atoms with Crippen LogP contribution in [0, 0.1) is 16.0 Å². The van der Waals surface area contributed by atoms with Gasteiger partial charge in [-0.15, -0.1) is 0 Å². The fourth-order valence-electron chi connectivity index (χ4n) is 2.38. The maximum Gasteiger partial charge on any atom is 0.308 e. The smallest absolute Gasteiger partial charge is 0.308 e. The summed E-state index contributed by atoms with van der Waals surface area (Å²) in [4.78, 5) is 34.9. The normalized spacial score (nSPS) is 18.9. The van der Waals surface area contributed by atoms with E-state index in [0.29, 0.717) is 19.4 Å². The van der Waals surface area contributed by atoms with Gasteiger partial charge in [-0.3, -0.25) is 19.7 Å². The van der Waals surface area contributed by atoms with Gasteiger partial charge < -0.3 is 14.6 Å². The number of aromatic nitrogens is 1. The van der Waals surface area contributed by atoms with E-state index in [0.717, 1.165) is 0 Å². The van der Waals surface area contributed by atoms with Crippen LogP contribution in [-0.2, 0) is 11.8 Å². The summed E-state index contributed by atoms with van der Waals surface area (Å²) < 4.78 is 1.39. The molecule has 0 bridgehead atoms. The third kappa shape index (κ3) is 2.63. The van der Waals surface area contributed by atoms with E-state index in [-0.39, 0.29) is 23.8 Å². The van der Waals surface area contributed by atoms with E-state index in [9.17, 15) is 19.7 Å². The number of aliphatic carboxylic acids is 1. The first-order chi connectivity index (χ1) is 9.40. The molecule has 1 N–H and O–H groups in total. The van der Waals surface area contributed by atoms with Crippen molar-refractivity contribution in [1.29, 1.82) is 0 Å². The Morgan fingerprint density at radius 2 is 2.20 bits per heavy atom. The van der Waals surface area contributed by atoms with Gasteiger partial charge in [0.25, 0.3) is 11.6 Å². The van der Waals surface area contributed by atoms with Crippen molar-refractivity contribution in [2.75, 3.05) is 13.1 Å². The number of carbonyl (C=O) groups is 2. The SMILES string of the molecule is Cn1cc([N+](=O)[O-])cc1C(=O)N1CCC[C@H](C(=O)O)C1. The number of likely N-dealkylation sites (tertiary alicyclic amines) is 1. The molecule has 1 atom stereocenters. The highest BCUT2D eigenvalue weighted by Crippen LogP contribution is 2.21. The Morgan fingerprint density at radius 1 is 1.50 bits per heavy atom. The molecule has 1 amide bonds. The van der Waals surface area contributed by atoms with Gasteiger partial charge in [-0.2, -0.15) is 0 Å². The molecule has 1 aromatic rings. The Balaban J connectivity index is 2.18. The molecule has 1 saturated heterocycles. The highest BCUT2D eigenvalue weighted by molar-refractivity contribution is 5.94. The zero-order valence-electron chi connectivity index (χ0n) is 11.0. The summed E-state index contributed by atoms with van der Waals surface area (Å²) in [6.07, 6.45) is 2.44. The molecule has 0 unspecified atom stereocenters. The van der Waals surface area contributed by atoms with Crippen molar-refractivity contribution in [2.45, 2.75) is 12.8 Å². The van der Waals surface area contributed by atoms with Crippen LogP contribution in [0.5, 0.6) is 0 Å². The molecular weight excluding hydrogens is 266 g/mol. The van der Waals surface area contributed by atoms with Gasteiger partial charge >= 0.3 is 5.97 Å². The summed E-state index contributed by atoms with van der Waals surface area (Å²) in [6, 6.07) is 1.21. The Hall–Kier alpha value is -2.38. The molecule has 0 aromatic carbocycles. The van der Waals surface area contributed by atoms with Crippen molar-refractivity contribution >= 4 is 17.6 Å². The summed E-state index contributed by atoms with van der Waals surface area (Å²) in [5, 5.41) is 19.7. The predicted octanol–water partition coefficient (Wildman–Crippen LogP) is 0.870. The maximum absolute atomic E-state index is 12.3. The quantitative estimate of drug-likeness (QED) is 0.653. The van der Waals surface area contributed by atoms with Gasteiger partial charge in [0.15, 0.2) is 0 Å². The van der Waals surface area contributed by atoms with Crippen molar-refractivity contribution in [3.8, 4) is 0 Å². The number of carbonyl (C=O) groups excluding carboxylic acids is 1. The molecule has 2 rings (SSSR count). The lowest BCUT2D eigenvalue weighted by Crippen LogP contribution is -2.42. The van der Waals surface area contributed by atoms with E-state index in [2.05, 4.69) is 0 Å². The third-order valence-electron chi connectivity index (χ3n) is 3.48. The number of nitrogens with zero attached hydrogens (tertiary/aromatic N) is 3. The Kier molecular flexibility index (Phi) is 3.73. The number of amides is 1. The molecule has 0 spiro atoms. The second-order valence-corrected chi connectivity index (χ2v) is 4.88. The minimum atomic E-state index is -0.916. The van der Waals surface area contributed by atoms with Crippen LogP contribution in [0.15, 0.2) is 12.3 Å². The lowest BCUT2D eigenvalue weighted by atomic mass is 9.98. The first-order valence-electron chi connectivity index (χ1n) is 6.23. The lowest BCUT2D eigenvalue weighted by molar-refractivity contribution is -0.384. The maximum atomic E-state index is 12.3.